The second-order valence-electron chi connectivity index (χ2n) is 6.70. The van der Waals surface area contributed by atoms with Gasteiger partial charge in [-0.05, 0) is 25.0 Å². The Morgan fingerprint density at radius 1 is 0.778 bits per heavy atom. The number of hydrogen-bond acceptors (Lipinski definition) is 4. The first-order chi connectivity index (χ1) is 13.1. The fourth-order valence-corrected chi connectivity index (χ4v) is 3.75. The van der Waals surface area contributed by atoms with Crippen molar-refractivity contribution in [2.75, 3.05) is 11.9 Å². The molecule has 0 saturated heterocycles. The predicted octanol–water partition coefficient (Wildman–Crippen LogP) is 5.28. The maximum atomic E-state index is 12.8. The van der Waals surface area contributed by atoms with E-state index in [4.69, 9.17) is 4.74 Å². The summed E-state index contributed by atoms with van der Waals surface area (Å²) in [5.74, 6) is -0.563. The SMILES string of the molecule is O=C1c2ccccc2C(=O)c2c1ccc(OCCCCCCCCBr)c2O. The van der Waals surface area contributed by atoms with E-state index in [1.54, 1.807) is 36.4 Å². The van der Waals surface area contributed by atoms with Crippen molar-refractivity contribution in [2.45, 2.75) is 38.5 Å². The molecule has 0 fully saturated rings. The zero-order chi connectivity index (χ0) is 19.2. The van der Waals surface area contributed by atoms with Crippen LogP contribution in [0.1, 0.15) is 70.4 Å². The molecule has 0 saturated carbocycles. The van der Waals surface area contributed by atoms with Crippen LogP contribution < -0.4 is 4.74 Å². The number of hydrogen-bond donors (Lipinski definition) is 1. The summed E-state index contributed by atoms with van der Waals surface area (Å²) in [6.07, 6.45) is 6.77. The number of rotatable bonds is 9. The normalized spacial score (nSPS) is 12.6. The minimum Gasteiger partial charge on any atom is -0.504 e. The van der Waals surface area contributed by atoms with Gasteiger partial charge in [0.05, 0.1) is 12.2 Å². The molecular weight excluding hydrogens is 408 g/mol. The molecule has 0 atom stereocenters. The van der Waals surface area contributed by atoms with E-state index in [0.29, 0.717) is 17.7 Å². The maximum absolute atomic E-state index is 12.8. The first kappa shape index (κ1) is 19.6. The highest BCUT2D eigenvalue weighted by atomic mass is 79.9. The van der Waals surface area contributed by atoms with Crippen LogP contribution in [0.2, 0.25) is 0 Å². The van der Waals surface area contributed by atoms with E-state index in [-0.39, 0.29) is 34.2 Å². The number of carbonyl (C=O) groups excluding carboxylic acids is 2. The van der Waals surface area contributed by atoms with Gasteiger partial charge in [-0.1, -0.05) is 65.9 Å². The summed E-state index contributed by atoms with van der Waals surface area (Å²) < 4.78 is 5.68. The highest BCUT2D eigenvalue weighted by molar-refractivity contribution is 9.09. The number of halogens is 1. The molecule has 5 heteroatoms. The molecular formula is C22H23BrO4. The Morgan fingerprint density at radius 2 is 1.41 bits per heavy atom. The van der Waals surface area contributed by atoms with Gasteiger partial charge < -0.3 is 9.84 Å². The molecule has 0 unspecified atom stereocenters. The molecule has 0 radical (unpaired) electrons. The molecule has 27 heavy (non-hydrogen) atoms. The largest absolute Gasteiger partial charge is 0.504 e. The van der Waals surface area contributed by atoms with Crippen molar-refractivity contribution < 1.29 is 19.4 Å². The summed E-state index contributed by atoms with van der Waals surface area (Å²) in [6, 6.07) is 9.83. The Labute approximate surface area is 167 Å². The van der Waals surface area contributed by atoms with Gasteiger partial charge in [0.25, 0.3) is 0 Å². The van der Waals surface area contributed by atoms with Gasteiger partial charge in [-0.25, -0.2) is 0 Å². The number of phenols is 1. The number of fused-ring (bicyclic) bond motifs is 2. The third-order valence-electron chi connectivity index (χ3n) is 4.81. The number of ketones is 2. The molecule has 1 aliphatic rings. The first-order valence-corrected chi connectivity index (χ1v) is 10.5. The van der Waals surface area contributed by atoms with Crippen LogP contribution in [0.3, 0.4) is 0 Å². The predicted molar refractivity (Wildman–Crippen MR) is 108 cm³/mol. The number of aromatic hydroxyl groups is 1. The maximum Gasteiger partial charge on any atom is 0.198 e. The zero-order valence-corrected chi connectivity index (χ0v) is 16.8. The van der Waals surface area contributed by atoms with Crippen LogP contribution in [0, 0.1) is 0 Å². The van der Waals surface area contributed by atoms with Crippen LogP contribution in [0.5, 0.6) is 11.5 Å². The summed E-state index contributed by atoms with van der Waals surface area (Å²) >= 11 is 3.43. The number of unbranched alkanes of at least 4 members (excludes halogenated alkanes) is 5. The number of ether oxygens (including phenoxy) is 1. The summed E-state index contributed by atoms with van der Waals surface area (Å²) in [5, 5.41) is 11.6. The number of phenolic OH excluding ortho intramolecular Hbond substituents is 1. The van der Waals surface area contributed by atoms with E-state index in [0.717, 1.165) is 24.6 Å². The highest BCUT2D eigenvalue weighted by Crippen LogP contribution is 2.38. The Balaban J connectivity index is 1.65. The molecule has 0 aliphatic heterocycles. The van der Waals surface area contributed by atoms with Gasteiger partial charge in [0.2, 0.25) is 0 Å². The van der Waals surface area contributed by atoms with Crippen molar-refractivity contribution in [1.29, 1.82) is 0 Å². The molecule has 0 aromatic heterocycles. The van der Waals surface area contributed by atoms with E-state index in [2.05, 4.69) is 15.9 Å². The second kappa shape index (κ2) is 9.18. The number of alkyl halides is 1. The summed E-state index contributed by atoms with van der Waals surface area (Å²) in [5.41, 5.74) is 0.982. The van der Waals surface area contributed by atoms with Crippen LogP contribution in [0.4, 0.5) is 0 Å². The lowest BCUT2D eigenvalue weighted by molar-refractivity contribution is 0.0976. The molecule has 2 aromatic rings. The van der Waals surface area contributed by atoms with Crippen LogP contribution in [0.15, 0.2) is 36.4 Å². The Hall–Kier alpha value is -2.14. The smallest absolute Gasteiger partial charge is 0.198 e. The lowest BCUT2D eigenvalue weighted by Gasteiger charge is -2.19. The quantitative estimate of drug-likeness (QED) is 0.370. The van der Waals surface area contributed by atoms with Crippen LogP contribution in [0.25, 0.3) is 0 Å². The molecule has 0 heterocycles. The van der Waals surface area contributed by atoms with Crippen molar-refractivity contribution in [3.63, 3.8) is 0 Å². The van der Waals surface area contributed by atoms with Gasteiger partial charge in [0, 0.05) is 22.0 Å². The van der Waals surface area contributed by atoms with E-state index in [9.17, 15) is 14.7 Å². The number of benzene rings is 2. The average Bonchev–Trinajstić information content (AvgIpc) is 2.69. The van der Waals surface area contributed by atoms with Crippen molar-refractivity contribution in [1.82, 2.24) is 0 Å². The molecule has 1 aliphatic carbocycles. The Kier molecular flexibility index (Phi) is 6.67. The third-order valence-corrected chi connectivity index (χ3v) is 5.38. The third kappa shape index (κ3) is 4.24. The van der Waals surface area contributed by atoms with Gasteiger partial charge in [-0.3, -0.25) is 9.59 Å². The zero-order valence-electron chi connectivity index (χ0n) is 15.2. The molecule has 2 aromatic carbocycles. The highest BCUT2D eigenvalue weighted by Gasteiger charge is 2.33. The topological polar surface area (TPSA) is 63.6 Å². The molecule has 0 bridgehead atoms. The van der Waals surface area contributed by atoms with Crippen molar-refractivity contribution in [3.8, 4) is 11.5 Å². The Bertz CT molecular complexity index is 844. The molecule has 1 N–H and O–H groups in total. The van der Waals surface area contributed by atoms with Crippen LogP contribution >= 0.6 is 15.9 Å². The van der Waals surface area contributed by atoms with Crippen molar-refractivity contribution in [2.24, 2.45) is 0 Å². The second-order valence-corrected chi connectivity index (χ2v) is 7.49. The standard InChI is InChI=1S/C22H23BrO4/c23-13-7-3-1-2-4-8-14-27-18-12-11-17-19(22(18)26)21(25)16-10-6-5-9-15(16)20(17)24/h5-6,9-12,26H,1-4,7-8,13-14H2. The summed E-state index contributed by atoms with van der Waals surface area (Å²) in [7, 11) is 0. The van der Waals surface area contributed by atoms with Crippen LogP contribution in [-0.4, -0.2) is 28.6 Å². The van der Waals surface area contributed by atoms with Gasteiger partial charge in [0.15, 0.2) is 23.1 Å². The van der Waals surface area contributed by atoms with Gasteiger partial charge in [-0.15, -0.1) is 0 Å². The first-order valence-electron chi connectivity index (χ1n) is 9.38. The fraction of sp³-hybridized carbons (Fsp3) is 0.364. The molecule has 142 valence electrons. The molecule has 3 rings (SSSR count). The lowest BCUT2D eigenvalue weighted by atomic mass is 9.83. The number of carbonyl (C=O) groups is 2. The van der Waals surface area contributed by atoms with Gasteiger partial charge >= 0.3 is 0 Å². The molecule has 0 amide bonds. The van der Waals surface area contributed by atoms with Crippen LogP contribution in [-0.2, 0) is 0 Å². The summed E-state index contributed by atoms with van der Waals surface area (Å²) in [4.78, 5) is 25.4. The van der Waals surface area contributed by atoms with Crippen molar-refractivity contribution >= 4 is 27.5 Å². The van der Waals surface area contributed by atoms with Crippen molar-refractivity contribution in [3.05, 3.63) is 58.7 Å². The molecule has 0 spiro atoms. The van der Waals surface area contributed by atoms with E-state index in [1.165, 1.54) is 19.3 Å². The fourth-order valence-electron chi connectivity index (χ4n) is 3.35. The monoisotopic (exact) mass is 430 g/mol. The minimum absolute atomic E-state index is 0.0472. The van der Waals surface area contributed by atoms with E-state index in [1.807, 2.05) is 0 Å². The summed E-state index contributed by atoms with van der Waals surface area (Å²) in [6.45, 7) is 0.476. The van der Waals surface area contributed by atoms with Gasteiger partial charge in [0.1, 0.15) is 0 Å². The van der Waals surface area contributed by atoms with E-state index >= 15 is 0 Å². The van der Waals surface area contributed by atoms with E-state index < -0.39 is 0 Å². The Morgan fingerprint density at radius 3 is 2.11 bits per heavy atom. The minimum atomic E-state index is -0.338. The lowest BCUT2D eigenvalue weighted by Crippen LogP contribution is -2.21. The average molecular weight is 431 g/mol. The molecule has 4 nitrogen and oxygen atoms in total. The van der Waals surface area contributed by atoms with Gasteiger partial charge in [-0.2, -0.15) is 0 Å².